The van der Waals surface area contributed by atoms with Gasteiger partial charge in [-0.25, -0.2) is 4.98 Å². The van der Waals surface area contributed by atoms with Crippen molar-refractivity contribution in [3.63, 3.8) is 0 Å². The molecule has 8 aliphatic rings. The second-order valence-corrected chi connectivity index (χ2v) is 20.9. The molecule has 0 radical (unpaired) electrons. The van der Waals surface area contributed by atoms with Crippen molar-refractivity contribution in [2.24, 2.45) is 80.0 Å². The average Bonchev–Trinajstić information content (AvgIpc) is 3.78. The number of rotatable bonds is 7. The molecule has 10 nitrogen and oxygen atoms in total. The number of hydrogen-bond acceptors (Lipinski definition) is 7. The van der Waals surface area contributed by atoms with E-state index in [1.54, 1.807) is 22.8 Å². The first kappa shape index (κ1) is 38.7. The number of aryl methyl sites for hydroxylation is 1. The van der Waals surface area contributed by atoms with Crippen LogP contribution < -0.4 is 11.5 Å². The molecular weight excluding hydrogens is 703 g/mol. The minimum atomic E-state index is -1.25. The molecule has 1 aromatic rings. The van der Waals surface area contributed by atoms with Crippen molar-refractivity contribution in [2.45, 2.75) is 148 Å². The van der Waals surface area contributed by atoms with E-state index < -0.39 is 40.7 Å². The highest BCUT2D eigenvalue weighted by atomic mass is 16.3. The van der Waals surface area contributed by atoms with Crippen molar-refractivity contribution in [3.8, 4) is 0 Å². The van der Waals surface area contributed by atoms with Crippen molar-refractivity contribution in [1.29, 1.82) is 0 Å². The lowest BCUT2D eigenvalue weighted by atomic mass is 9.42. The molecule has 14 atom stereocenters. The number of nitrogens with zero attached hydrogens (tertiary/aromatic N) is 3. The van der Waals surface area contributed by atoms with Gasteiger partial charge in [0.2, 0.25) is 0 Å². The molecular formula is C46H67N5O5. The van der Waals surface area contributed by atoms with Crippen LogP contribution in [-0.4, -0.2) is 72.2 Å². The van der Waals surface area contributed by atoms with E-state index in [0.717, 1.165) is 50.6 Å². The summed E-state index contributed by atoms with van der Waals surface area (Å²) in [7, 11) is 0. The van der Waals surface area contributed by atoms with Crippen LogP contribution in [0.25, 0.3) is 0 Å². The monoisotopic (exact) mass is 770 g/mol. The van der Waals surface area contributed by atoms with Gasteiger partial charge in [-0.15, -0.1) is 0 Å². The predicted octanol–water partition coefficient (Wildman–Crippen LogP) is 5.60. The van der Waals surface area contributed by atoms with Gasteiger partial charge < -0.3 is 36.5 Å². The number of hydrogen-bond donors (Lipinski definition) is 6. The Morgan fingerprint density at radius 1 is 1.02 bits per heavy atom. The Kier molecular flexibility index (Phi) is 9.43. The van der Waals surface area contributed by atoms with Crippen LogP contribution in [0.3, 0.4) is 0 Å². The normalized spacial score (nSPS) is 44.6. The first-order valence-electron chi connectivity index (χ1n) is 22.1. The smallest absolute Gasteiger partial charge is 0.185 e. The minimum Gasteiger partial charge on any atom is -0.392 e. The molecule has 14 unspecified atom stereocenters. The number of ketones is 1. The van der Waals surface area contributed by atoms with E-state index in [1.165, 1.54) is 31.3 Å². The highest BCUT2D eigenvalue weighted by Crippen LogP contribution is 2.71. The summed E-state index contributed by atoms with van der Waals surface area (Å²) in [5.74, 6) is 0.138. The Balaban J connectivity index is 1.12. The summed E-state index contributed by atoms with van der Waals surface area (Å²) < 4.78 is 2.18. The molecule has 0 saturated heterocycles. The maximum Gasteiger partial charge on any atom is 0.185 e. The second kappa shape index (κ2) is 13.6. The van der Waals surface area contributed by atoms with E-state index in [0.29, 0.717) is 31.2 Å². The first-order valence-corrected chi connectivity index (χ1v) is 22.1. The van der Waals surface area contributed by atoms with Crippen molar-refractivity contribution < 1.29 is 25.2 Å². The van der Waals surface area contributed by atoms with Crippen LogP contribution >= 0.6 is 0 Å². The zero-order valence-electron chi connectivity index (χ0n) is 34.2. The third kappa shape index (κ3) is 5.65. The van der Waals surface area contributed by atoms with Crippen LogP contribution in [0.5, 0.6) is 0 Å². The second-order valence-electron chi connectivity index (χ2n) is 20.9. The quantitative estimate of drug-likeness (QED) is 0.118. The molecule has 306 valence electrons. The van der Waals surface area contributed by atoms with Gasteiger partial charge in [0.15, 0.2) is 11.7 Å². The van der Waals surface area contributed by atoms with Gasteiger partial charge in [0, 0.05) is 48.7 Å². The van der Waals surface area contributed by atoms with E-state index in [4.69, 9.17) is 11.5 Å². The Labute approximate surface area is 333 Å². The van der Waals surface area contributed by atoms with E-state index >= 15 is 0 Å². The summed E-state index contributed by atoms with van der Waals surface area (Å²) in [6, 6.07) is 0. The molecule has 10 heteroatoms. The number of carbonyl (C=O) groups excluding carboxylic acids is 1. The number of allylic oxidation sites excluding steroid dienone is 3. The predicted molar refractivity (Wildman–Crippen MR) is 216 cm³/mol. The number of guanidine groups is 1. The van der Waals surface area contributed by atoms with Crippen LogP contribution in [0, 0.1) is 63.6 Å². The van der Waals surface area contributed by atoms with Gasteiger partial charge in [-0.05, 0) is 136 Å². The molecule has 1 aromatic heterocycles. The summed E-state index contributed by atoms with van der Waals surface area (Å²) in [6.45, 7) is 10.4. The van der Waals surface area contributed by atoms with E-state index in [-0.39, 0.29) is 59.6 Å². The van der Waals surface area contributed by atoms with Crippen molar-refractivity contribution >= 4 is 11.7 Å². The topological polar surface area (TPSA) is 180 Å². The number of imidazole rings is 1. The van der Waals surface area contributed by atoms with Gasteiger partial charge in [0.25, 0.3) is 0 Å². The third-order valence-corrected chi connectivity index (χ3v) is 17.7. The minimum absolute atomic E-state index is 0.00690. The molecule has 0 aromatic carbocycles. The summed E-state index contributed by atoms with van der Waals surface area (Å²) in [4.78, 5) is 23.0. The number of aliphatic hydroxyl groups is 4. The SMILES string of the molecule is CC(C)(CCn1ccnc1)C1=C2CCCCC2C2=C3C(CCC2)CC(C2CCC4(O)C5=CC(=O)C6CC(O)C(O)CC6(C)C5C(CN=C(N)N)CC24C)C(O)C31. The van der Waals surface area contributed by atoms with Crippen LogP contribution in [0.15, 0.2) is 57.7 Å². The molecule has 5 saturated carbocycles. The van der Waals surface area contributed by atoms with Gasteiger partial charge in [-0.2, -0.15) is 0 Å². The Bertz CT molecular complexity index is 1860. The molecule has 9 rings (SSSR count). The Morgan fingerprint density at radius 2 is 1.80 bits per heavy atom. The standard InChI is InChI=1S/C46H67N5O5/c1-43(2,14-16-51-17-15-49-24-51)40-29-10-6-5-9-27(29)28-11-7-8-25-18-30(41(55)38(40)37(25)28)31-12-13-46(56)33-20-34(52)32-19-35(53)36(54)22-44(32,3)39(33)26(21-45(31,46)4)23-50-42(47)48/h15,17,20,24-27,30-32,35-36,38-39,41,53-56H,5-14,16,18-19,21-23H2,1-4H3,(H4,47,48,50). The summed E-state index contributed by atoms with van der Waals surface area (Å²) in [6.07, 6.45) is 17.7. The van der Waals surface area contributed by atoms with Crippen molar-refractivity contribution in [1.82, 2.24) is 9.55 Å². The fourth-order valence-corrected chi connectivity index (χ4v) is 15.4. The maximum atomic E-state index is 14.1. The highest BCUT2D eigenvalue weighted by molar-refractivity contribution is 5.95. The molecule has 8 N–H and O–H groups in total. The van der Waals surface area contributed by atoms with Crippen LogP contribution in [0.2, 0.25) is 0 Å². The van der Waals surface area contributed by atoms with Gasteiger partial charge in [-0.3, -0.25) is 9.79 Å². The lowest BCUT2D eigenvalue weighted by Gasteiger charge is -2.63. The molecule has 56 heavy (non-hydrogen) atoms. The first-order chi connectivity index (χ1) is 26.6. The molecule has 0 spiro atoms. The number of aliphatic hydroxyl groups excluding tert-OH is 3. The molecule has 1 heterocycles. The van der Waals surface area contributed by atoms with Crippen molar-refractivity contribution in [3.05, 3.63) is 52.7 Å². The lowest BCUT2D eigenvalue weighted by molar-refractivity contribution is -0.166. The van der Waals surface area contributed by atoms with Gasteiger partial charge in [-0.1, -0.05) is 56.4 Å². The zero-order chi connectivity index (χ0) is 39.5. The molecule has 5 fully saturated rings. The zero-order valence-corrected chi connectivity index (χ0v) is 34.2. The van der Waals surface area contributed by atoms with E-state index in [1.807, 2.05) is 18.7 Å². The van der Waals surface area contributed by atoms with Gasteiger partial charge >= 0.3 is 0 Å². The Hall–Kier alpha value is -2.79. The summed E-state index contributed by atoms with van der Waals surface area (Å²) >= 11 is 0. The Morgan fingerprint density at radius 3 is 2.55 bits per heavy atom. The third-order valence-electron chi connectivity index (χ3n) is 17.7. The highest BCUT2D eigenvalue weighted by Gasteiger charge is 2.70. The van der Waals surface area contributed by atoms with Crippen LogP contribution in [0.1, 0.15) is 118 Å². The summed E-state index contributed by atoms with van der Waals surface area (Å²) in [5, 5.41) is 48.4. The largest absolute Gasteiger partial charge is 0.392 e. The fraction of sp³-hybridized carbons (Fsp3) is 0.761. The molecule has 0 aliphatic heterocycles. The number of carbonyl (C=O) groups is 1. The van der Waals surface area contributed by atoms with Gasteiger partial charge in [0.1, 0.15) is 0 Å². The summed E-state index contributed by atoms with van der Waals surface area (Å²) in [5.41, 5.74) is 16.4. The van der Waals surface area contributed by atoms with Crippen LogP contribution in [-0.2, 0) is 11.3 Å². The van der Waals surface area contributed by atoms with E-state index in [9.17, 15) is 25.2 Å². The number of aromatic nitrogens is 2. The maximum absolute atomic E-state index is 14.1. The number of aliphatic imine (C=N–C) groups is 1. The van der Waals surface area contributed by atoms with Crippen molar-refractivity contribution in [2.75, 3.05) is 6.54 Å². The molecule has 0 amide bonds. The lowest BCUT2D eigenvalue weighted by Crippen LogP contribution is -2.64. The van der Waals surface area contributed by atoms with Crippen LogP contribution in [0.4, 0.5) is 0 Å². The molecule has 8 aliphatic carbocycles. The van der Waals surface area contributed by atoms with Gasteiger partial charge in [0.05, 0.1) is 30.2 Å². The molecule has 0 bridgehead atoms. The van der Waals surface area contributed by atoms with E-state index in [2.05, 4.69) is 42.2 Å². The number of fused-ring (bicyclic) bond motifs is 7. The number of nitrogens with two attached hydrogens (primary N) is 2. The fourth-order valence-electron chi connectivity index (χ4n) is 15.4. The average molecular weight is 770 g/mol.